The van der Waals surface area contributed by atoms with Gasteiger partial charge in [-0.2, -0.15) is 0 Å². The fourth-order valence-electron chi connectivity index (χ4n) is 2.10. The molecule has 22 heavy (non-hydrogen) atoms. The van der Waals surface area contributed by atoms with Gasteiger partial charge in [-0.15, -0.1) is 12.7 Å². The van der Waals surface area contributed by atoms with Crippen LogP contribution in [0.25, 0.3) is 0 Å². The maximum Gasteiger partial charge on any atom is 0.343 e. The minimum atomic E-state index is -3.64. The Bertz CT molecular complexity index is 376. The smallest absolute Gasteiger partial charge is 0.343 e. The van der Waals surface area contributed by atoms with Crippen LogP contribution in [0.15, 0.2) is 12.7 Å². The minimum absolute atomic E-state index is 0.0502. The van der Waals surface area contributed by atoms with Crippen molar-refractivity contribution in [3.05, 3.63) is 12.7 Å². The van der Waals surface area contributed by atoms with Crippen LogP contribution in [-0.4, -0.2) is 49.9 Å². The zero-order valence-corrected chi connectivity index (χ0v) is 15.0. The molecular weight excluding hydrogens is 305 g/mol. The summed E-state index contributed by atoms with van der Waals surface area (Å²) in [6.45, 7) is 7.30. The minimum Gasteiger partial charge on any atom is -0.852 e. The van der Waals surface area contributed by atoms with Gasteiger partial charge in [-0.3, -0.25) is 9.36 Å². The summed E-state index contributed by atoms with van der Waals surface area (Å²) in [5, 5.41) is 12.2. The van der Waals surface area contributed by atoms with E-state index in [1.54, 1.807) is 34.0 Å². The third-order valence-electron chi connectivity index (χ3n) is 3.15. The summed E-state index contributed by atoms with van der Waals surface area (Å²) >= 11 is 0. The fraction of sp³-hybridized carbons (Fsp3) is 0.800. The van der Waals surface area contributed by atoms with E-state index < -0.39 is 25.3 Å². The van der Waals surface area contributed by atoms with E-state index in [4.69, 9.17) is 9.05 Å². The van der Waals surface area contributed by atoms with Crippen molar-refractivity contribution in [1.82, 2.24) is 4.90 Å². The third kappa shape index (κ3) is 7.05. The number of hydrogen-bond donors (Lipinski definition) is 0. The van der Waals surface area contributed by atoms with E-state index >= 15 is 0 Å². The monoisotopic (exact) mass is 334 g/mol. The largest absolute Gasteiger partial charge is 0.852 e. The highest BCUT2D eigenvalue weighted by Gasteiger charge is 2.41. The summed E-state index contributed by atoms with van der Waals surface area (Å²) in [5.41, 5.74) is -1.05. The van der Waals surface area contributed by atoms with Crippen molar-refractivity contribution in [1.29, 1.82) is 0 Å². The van der Waals surface area contributed by atoms with Crippen LogP contribution in [-0.2, 0) is 18.4 Å². The highest BCUT2D eigenvalue weighted by Crippen LogP contribution is 2.55. The Morgan fingerprint density at radius 1 is 1.32 bits per heavy atom. The van der Waals surface area contributed by atoms with Crippen LogP contribution < -0.4 is 5.11 Å². The standard InChI is InChI=1S/C15H29NO5P/c1-6-9-10-11-13(17)12-14(15(18)16(4)5)22(19,20-7-2)21-8-3/h6,13-14H,1,7-12H2,2-5H3/q-1/t13-,14?/m0/s1. The average Bonchev–Trinajstić information content (AvgIpc) is 2.44. The van der Waals surface area contributed by atoms with E-state index in [-0.39, 0.29) is 19.6 Å². The number of amides is 1. The van der Waals surface area contributed by atoms with Gasteiger partial charge in [0.1, 0.15) is 5.66 Å². The molecule has 0 saturated carbocycles. The van der Waals surface area contributed by atoms with E-state index in [1.807, 2.05) is 0 Å². The number of nitrogens with zero attached hydrogens (tertiary/aromatic N) is 1. The molecule has 0 radical (unpaired) electrons. The van der Waals surface area contributed by atoms with Gasteiger partial charge in [0.2, 0.25) is 5.91 Å². The van der Waals surface area contributed by atoms with E-state index in [2.05, 4.69) is 6.58 Å². The Morgan fingerprint density at radius 2 is 1.86 bits per heavy atom. The summed E-state index contributed by atoms with van der Waals surface area (Å²) in [4.78, 5) is 13.7. The number of carbonyl (C=O) groups is 1. The lowest BCUT2D eigenvalue weighted by Crippen LogP contribution is -2.40. The Hall–Kier alpha value is -0.680. The van der Waals surface area contributed by atoms with Gasteiger partial charge in [0.15, 0.2) is 0 Å². The molecule has 0 aromatic rings. The van der Waals surface area contributed by atoms with Crippen molar-refractivity contribution in [3.8, 4) is 0 Å². The van der Waals surface area contributed by atoms with Gasteiger partial charge in [0.05, 0.1) is 13.2 Å². The SMILES string of the molecule is C=CCCC[C@H]([O-])CC(C(=O)N(C)C)P(=O)(OCC)OCC. The zero-order chi connectivity index (χ0) is 17.2. The first-order valence-corrected chi connectivity index (χ1v) is 9.30. The normalized spacial score (nSPS) is 14.4. The van der Waals surface area contributed by atoms with E-state index in [0.29, 0.717) is 12.8 Å². The predicted molar refractivity (Wildman–Crippen MR) is 85.8 cm³/mol. The molecule has 0 rings (SSSR count). The Labute approximate surface area is 134 Å². The second-order valence-electron chi connectivity index (χ2n) is 5.20. The van der Waals surface area contributed by atoms with Gasteiger partial charge in [-0.25, -0.2) is 0 Å². The number of unbranched alkanes of at least 4 members (excludes halogenated alkanes) is 1. The molecule has 0 N–H and O–H groups in total. The topological polar surface area (TPSA) is 78.9 Å². The molecule has 0 spiro atoms. The fourth-order valence-corrected chi connectivity index (χ4v) is 4.25. The zero-order valence-electron chi connectivity index (χ0n) is 14.1. The molecule has 0 bridgehead atoms. The quantitative estimate of drug-likeness (QED) is 0.310. The first kappa shape index (κ1) is 21.3. The van der Waals surface area contributed by atoms with Crippen LogP contribution in [0, 0.1) is 0 Å². The third-order valence-corrected chi connectivity index (χ3v) is 5.58. The molecule has 0 aromatic heterocycles. The first-order valence-electron chi connectivity index (χ1n) is 7.69. The number of rotatable bonds is 12. The molecular formula is C15H29NO5P-. The molecule has 2 atom stereocenters. The van der Waals surface area contributed by atoms with Crippen LogP contribution in [0.3, 0.4) is 0 Å². The lowest BCUT2D eigenvalue weighted by atomic mass is 10.1. The van der Waals surface area contributed by atoms with Crippen LogP contribution >= 0.6 is 7.60 Å². The van der Waals surface area contributed by atoms with Crippen molar-refractivity contribution in [3.63, 3.8) is 0 Å². The highest BCUT2D eigenvalue weighted by molar-refractivity contribution is 7.55. The molecule has 0 aliphatic heterocycles. The van der Waals surface area contributed by atoms with E-state index in [9.17, 15) is 14.5 Å². The predicted octanol–water partition coefficient (Wildman–Crippen LogP) is 2.18. The number of carbonyl (C=O) groups excluding carboxylic acids is 1. The van der Waals surface area contributed by atoms with Gasteiger partial charge < -0.3 is 19.1 Å². The van der Waals surface area contributed by atoms with Crippen LogP contribution in [0.1, 0.15) is 39.5 Å². The molecule has 1 amide bonds. The summed E-state index contributed by atoms with van der Waals surface area (Å²) in [6.07, 6.45) is 2.57. The molecule has 0 heterocycles. The van der Waals surface area contributed by atoms with Gasteiger partial charge >= 0.3 is 7.60 Å². The number of hydrogen-bond acceptors (Lipinski definition) is 5. The van der Waals surface area contributed by atoms with Crippen LogP contribution in [0.2, 0.25) is 0 Å². The van der Waals surface area contributed by atoms with Crippen molar-refractivity contribution >= 4 is 13.5 Å². The molecule has 0 fully saturated rings. The second-order valence-corrected chi connectivity index (χ2v) is 7.42. The molecule has 1 unspecified atom stereocenters. The van der Waals surface area contributed by atoms with E-state index in [1.165, 1.54) is 4.90 Å². The van der Waals surface area contributed by atoms with Crippen molar-refractivity contribution in [2.45, 2.75) is 51.3 Å². The maximum absolute atomic E-state index is 12.9. The van der Waals surface area contributed by atoms with Gasteiger partial charge in [-0.05, 0) is 26.7 Å². The molecule has 0 aromatic carbocycles. The Kier molecular flexibility index (Phi) is 10.6. The summed E-state index contributed by atoms with van der Waals surface area (Å²) < 4.78 is 23.4. The lowest BCUT2D eigenvalue weighted by Gasteiger charge is -2.32. The van der Waals surface area contributed by atoms with Gasteiger partial charge in [0.25, 0.3) is 0 Å². The second kappa shape index (κ2) is 10.9. The summed E-state index contributed by atoms with van der Waals surface area (Å²) in [5.74, 6) is -0.394. The average molecular weight is 334 g/mol. The highest BCUT2D eigenvalue weighted by atomic mass is 31.2. The lowest BCUT2D eigenvalue weighted by molar-refractivity contribution is -0.422. The van der Waals surface area contributed by atoms with Gasteiger partial charge in [-0.1, -0.05) is 18.9 Å². The summed E-state index contributed by atoms with van der Waals surface area (Å²) in [6, 6.07) is 0. The molecule has 0 aliphatic rings. The molecule has 0 saturated heterocycles. The van der Waals surface area contributed by atoms with Crippen LogP contribution in [0.5, 0.6) is 0 Å². The van der Waals surface area contributed by atoms with Crippen molar-refractivity contribution in [2.75, 3.05) is 27.3 Å². The Morgan fingerprint density at radius 3 is 2.27 bits per heavy atom. The molecule has 6 nitrogen and oxygen atoms in total. The van der Waals surface area contributed by atoms with Crippen LogP contribution in [0.4, 0.5) is 0 Å². The van der Waals surface area contributed by atoms with Crippen molar-refractivity contribution in [2.24, 2.45) is 0 Å². The van der Waals surface area contributed by atoms with Crippen molar-refractivity contribution < 1.29 is 23.5 Å². The first-order chi connectivity index (χ1) is 10.3. The molecule has 7 heteroatoms. The van der Waals surface area contributed by atoms with Gasteiger partial charge in [0, 0.05) is 14.1 Å². The summed E-state index contributed by atoms with van der Waals surface area (Å²) in [7, 11) is -0.515. The Balaban J connectivity index is 5.13. The molecule has 130 valence electrons. The van der Waals surface area contributed by atoms with E-state index in [0.717, 1.165) is 6.42 Å². The number of allylic oxidation sites excluding steroid dienone is 1. The maximum atomic E-state index is 12.9. The molecule has 0 aliphatic carbocycles.